The summed E-state index contributed by atoms with van der Waals surface area (Å²) in [5.74, 6) is -0.163. The number of fused-ring (bicyclic) bond motifs is 3. The molecule has 3 heterocycles. The van der Waals surface area contributed by atoms with Gasteiger partial charge in [0.2, 0.25) is 5.91 Å². The maximum atomic E-state index is 13.3. The summed E-state index contributed by atoms with van der Waals surface area (Å²) < 4.78 is 3.28. The lowest BCUT2D eigenvalue weighted by atomic mass is 10.0. The number of hydrogen-bond acceptors (Lipinski definition) is 4. The standard InChI is InChI=1S/C25H20ClN5O2/c1-14-20(26)5-4-6-22(14)31-24-19-10-16(17-9-18(12-27-11-17)29-15(2)32)7-8-21(19)28-13-23(24)30(3)25(31)33/h4-13H,1-3H3,(H,29,32). The van der Waals surface area contributed by atoms with Gasteiger partial charge in [0.05, 0.1) is 40.3 Å². The molecule has 0 aliphatic heterocycles. The Morgan fingerprint density at radius 3 is 2.67 bits per heavy atom. The van der Waals surface area contributed by atoms with Crippen LogP contribution in [0.15, 0.2) is 65.8 Å². The molecule has 5 aromatic rings. The molecule has 8 heteroatoms. The minimum Gasteiger partial charge on any atom is -0.325 e. The summed E-state index contributed by atoms with van der Waals surface area (Å²) in [5, 5.41) is 4.18. The number of nitrogens with one attached hydrogen (secondary N) is 1. The lowest BCUT2D eigenvalue weighted by molar-refractivity contribution is -0.114. The summed E-state index contributed by atoms with van der Waals surface area (Å²) in [6.07, 6.45) is 5.05. The van der Waals surface area contributed by atoms with Crippen LogP contribution in [0.25, 0.3) is 38.8 Å². The molecule has 0 bridgehead atoms. The summed E-state index contributed by atoms with van der Waals surface area (Å²) in [6.45, 7) is 3.36. The zero-order valence-corrected chi connectivity index (χ0v) is 19.0. The fourth-order valence-corrected chi connectivity index (χ4v) is 4.28. The van der Waals surface area contributed by atoms with Crippen molar-refractivity contribution in [2.45, 2.75) is 13.8 Å². The van der Waals surface area contributed by atoms with Crippen molar-refractivity contribution in [3.8, 4) is 16.8 Å². The van der Waals surface area contributed by atoms with Gasteiger partial charge >= 0.3 is 5.69 Å². The third-order valence-corrected chi connectivity index (χ3v) is 6.16. The van der Waals surface area contributed by atoms with Crippen LogP contribution in [0.4, 0.5) is 5.69 Å². The molecule has 0 atom stereocenters. The van der Waals surface area contributed by atoms with Crippen molar-refractivity contribution in [3.63, 3.8) is 0 Å². The van der Waals surface area contributed by atoms with E-state index in [2.05, 4.69) is 15.3 Å². The van der Waals surface area contributed by atoms with Crippen molar-refractivity contribution < 1.29 is 4.79 Å². The summed E-state index contributed by atoms with van der Waals surface area (Å²) in [5.41, 5.74) is 5.95. The molecule has 0 saturated heterocycles. The Morgan fingerprint density at radius 2 is 1.88 bits per heavy atom. The highest BCUT2D eigenvalue weighted by Gasteiger charge is 2.18. The van der Waals surface area contributed by atoms with Crippen LogP contribution in [0, 0.1) is 6.92 Å². The molecule has 5 rings (SSSR count). The largest absolute Gasteiger partial charge is 0.333 e. The highest BCUT2D eigenvalue weighted by atomic mass is 35.5. The number of nitrogens with zero attached hydrogens (tertiary/aromatic N) is 4. The van der Waals surface area contributed by atoms with E-state index in [0.29, 0.717) is 16.2 Å². The van der Waals surface area contributed by atoms with Gasteiger partial charge in [-0.15, -0.1) is 0 Å². The van der Waals surface area contributed by atoms with Crippen LogP contribution >= 0.6 is 11.6 Å². The number of hydrogen-bond donors (Lipinski definition) is 1. The SMILES string of the molecule is CC(=O)Nc1cncc(-c2ccc3ncc4c(c3c2)n(-c2cccc(Cl)c2C)c(=O)n4C)c1. The highest BCUT2D eigenvalue weighted by molar-refractivity contribution is 6.31. The van der Waals surface area contributed by atoms with Crippen LogP contribution in [-0.4, -0.2) is 25.0 Å². The molecule has 164 valence electrons. The average Bonchev–Trinajstić information content (AvgIpc) is 3.05. The first kappa shape index (κ1) is 20.9. The van der Waals surface area contributed by atoms with E-state index in [-0.39, 0.29) is 11.6 Å². The molecule has 0 radical (unpaired) electrons. The number of halogens is 1. The van der Waals surface area contributed by atoms with Crippen LogP contribution < -0.4 is 11.0 Å². The highest BCUT2D eigenvalue weighted by Crippen LogP contribution is 2.31. The molecular formula is C25H20ClN5O2. The number of aryl methyl sites for hydroxylation is 1. The third kappa shape index (κ3) is 3.47. The number of amides is 1. The molecule has 3 aromatic heterocycles. The Bertz CT molecular complexity index is 1630. The van der Waals surface area contributed by atoms with Crippen LogP contribution in [0.1, 0.15) is 12.5 Å². The Morgan fingerprint density at radius 1 is 1.06 bits per heavy atom. The van der Waals surface area contributed by atoms with E-state index < -0.39 is 0 Å². The number of benzene rings is 2. The summed E-state index contributed by atoms with van der Waals surface area (Å²) in [7, 11) is 1.74. The number of pyridine rings is 2. The van der Waals surface area contributed by atoms with Crippen LogP contribution in [0.3, 0.4) is 0 Å². The van der Waals surface area contributed by atoms with Gasteiger partial charge in [-0.05, 0) is 48.4 Å². The number of carbonyl (C=O) groups is 1. The number of imidazole rings is 1. The van der Waals surface area contributed by atoms with Gasteiger partial charge in [-0.3, -0.25) is 23.9 Å². The second-order valence-corrected chi connectivity index (χ2v) is 8.34. The minimum absolute atomic E-state index is 0.163. The monoisotopic (exact) mass is 457 g/mol. The maximum absolute atomic E-state index is 13.3. The number of carbonyl (C=O) groups excluding carboxylic acids is 1. The molecule has 0 aliphatic rings. The molecule has 0 aliphatic carbocycles. The van der Waals surface area contributed by atoms with Crippen LogP contribution in [-0.2, 0) is 11.8 Å². The molecule has 33 heavy (non-hydrogen) atoms. The van der Waals surface area contributed by atoms with Gasteiger partial charge in [0.25, 0.3) is 0 Å². The van der Waals surface area contributed by atoms with Gasteiger partial charge in [-0.1, -0.05) is 23.7 Å². The van der Waals surface area contributed by atoms with Crippen molar-refractivity contribution in [1.82, 2.24) is 19.1 Å². The number of rotatable bonds is 3. The van der Waals surface area contributed by atoms with Crippen molar-refractivity contribution >= 4 is 45.1 Å². The fourth-order valence-electron chi connectivity index (χ4n) is 4.11. The number of anilines is 1. The zero-order chi connectivity index (χ0) is 23.3. The summed E-state index contributed by atoms with van der Waals surface area (Å²) in [6, 6.07) is 13.3. The fraction of sp³-hybridized carbons (Fsp3) is 0.120. The first-order chi connectivity index (χ1) is 15.8. The Hall–Kier alpha value is -3.97. The topological polar surface area (TPSA) is 81.8 Å². The van der Waals surface area contributed by atoms with Crippen molar-refractivity contribution in [1.29, 1.82) is 0 Å². The Kier molecular flexibility index (Phi) is 4.98. The zero-order valence-electron chi connectivity index (χ0n) is 18.3. The molecule has 2 aromatic carbocycles. The second kappa shape index (κ2) is 7.86. The molecule has 0 spiro atoms. The third-order valence-electron chi connectivity index (χ3n) is 5.76. The van der Waals surface area contributed by atoms with Gasteiger partial charge in [0, 0.05) is 36.1 Å². The molecule has 1 N–H and O–H groups in total. The predicted octanol–water partition coefficient (Wildman–Crippen LogP) is 4.86. The first-order valence-corrected chi connectivity index (χ1v) is 10.7. The average molecular weight is 458 g/mol. The van der Waals surface area contributed by atoms with E-state index >= 15 is 0 Å². The summed E-state index contributed by atoms with van der Waals surface area (Å²) >= 11 is 6.38. The van der Waals surface area contributed by atoms with E-state index in [1.165, 1.54) is 6.92 Å². The molecule has 0 saturated carbocycles. The van der Waals surface area contributed by atoms with Crippen LogP contribution in [0.5, 0.6) is 0 Å². The quantitative estimate of drug-likeness (QED) is 0.419. The van der Waals surface area contributed by atoms with Gasteiger partial charge in [0.1, 0.15) is 0 Å². The van der Waals surface area contributed by atoms with E-state index in [1.807, 2.05) is 49.4 Å². The first-order valence-electron chi connectivity index (χ1n) is 10.3. The van der Waals surface area contributed by atoms with Crippen LogP contribution in [0.2, 0.25) is 5.02 Å². The Labute approximate surface area is 194 Å². The summed E-state index contributed by atoms with van der Waals surface area (Å²) in [4.78, 5) is 33.6. The molecule has 0 unspecified atom stereocenters. The van der Waals surface area contributed by atoms with E-state index in [4.69, 9.17) is 11.6 Å². The second-order valence-electron chi connectivity index (χ2n) is 7.93. The molecule has 1 amide bonds. The minimum atomic E-state index is -0.176. The molecular weight excluding hydrogens is 438 g/mol. The van der Waals surface area contributed by atoms with Gasteiger partial charge in [-0.2, -0.15) is 0 Å². The van der Waals surface area contributed by atoms with Crippen molar-refractivity contribution in [2.75, 3.05) is 5.32 Å². The van der Waals surface area contributed by atoms with Gasteiger partial charge in [0.15, 0.2) is 0 Å². The lowest BCUT2D eigenvalue weighted by Gasteiger charge is -2.11. The smallest absolute Gasteiger partial charge is 0.325 e. The molecule has 7 nitrogen and oxygen atoms in total. The normalized spacial score (nSPS) is 11.3. The number of aromatic nitrogens is 4. The Balaban J connectivity index is 1.81. The van der Waals surface area contributed by atoms with Gasteiger partial charge < -0.3 is 5.32 Å². The van der Waals surface area contributed by atoms with E-state index in [9.17, 15) is 9.59 Å². The van der Waals surface area contributed by atoms with E-state index in [1.54, 1.807) is 34.8 Å². The molecule has 0 fully saturated rings. The van der Waals surface area contributed by atoms with Crippen molar-refractivity contribution in [2.24, 2.45) is 7.05 Å². The lowest BCUT2D eigenvalue weighted by Crippen LogP contribution is -2.21. The van der Waals surface area contributed by atoms with Crippen molar-refractivity contribution in [3.05, 3.63) is 82.1 Å². The maximum Gasteiger partial charge on any atom is 0.333 e. The predicted molar refractivity (Wildman–Crippen MR) is 131 cm³/mol. The van der Waals surface area contributed by atoms with Gasteiger partial charge in [-0.25, -0.2) is 4.79 Å². The van der Waals surface area contributed by atoms with E-state index in [0.717, 1.165) is 38.8 Å².